The van der Waals surface area contributed by atoms with Gasteiger partial charge in [0.2, 0.25) is 5.79 Å². The van der Waals surface area contributed by atoms with Gasteiger partial charge in [-0.1, -0.05) is 0 Å². The van der Waals surface area contributed by atoms with E-state index >= 15 is 0 Å². The van der Waals surface area contributed by atoms with Gasteiger partial charge in [0.1, 0.15) is 24.4 Å². The second-order valence-corrected chi connectivity index (χ2v) is 9.66. The number of carbonyl (C=O) groups excluding carboxylic acids is 6. The van der Waals surface area contributed by atoms with Gasteiger partial charge in [-0.15, -0.1) is 0 Å². The standard InChI is InChI=1S/C23H33NO14/c1-11(25)32-9-15(33-12(2)26)16(34-13(3)27)17-18(24-20(30)37-21(5,6)7)22(35-14(4)28)10-23(36-17,38-22)19(29)31-8/h15-18H,9-10H2,1-8H3,(H,24,30)/t15-,16-,17?,18+,22?,23-/m1/s1. The Hall–Kier alpha value is -3.46. The van der Waals surface area contributed by atoms with Crippen molar-refractivity contribution in [2.75, 3.05) is 13.7 Å². The molecule has 2 unspecified atom stereocenters. The van der Waals surface area contributed by atoms with Crippen LogP contribution in [-0.4, -0.2) is 91.2 Å². The highest BCUT2D eigenvalue weighted by atomic mass is 16.9. The Labute approximate surface area is 218 Å². The van der Waals surface area contributed by atoms with Crippen LogP contribution >= 0.6 is 0 Å². The van der Waals surface area contributed by atoms with Crippen molar-refractivity contribution in [2.24, 2.45) is 0 Å². The first-order valence-corrected chi connectivity index (χ1v) is 11.6. The first kappa shape index (κ1) is 30.8. The molecule has 38 heavy (non-hydrogen) atoms. The third-order valence-electron chi connectivity index (χ3n) is 5.19. The highest BCUT2D eigenvalue weighted by molar-refractivity contribution is 5.80. The Morgan fingerprint density at radius 3 is 1.97 bits per heavy atom. The third kappa shape index (κ3) is 7.31. The van der Waals surface area contributed by atoms with E-state index in [1.807, 2.05) is 0 Å². The normalized spacial score (nSPS) is 27.4. The molecule has 0 saturated carbocycles. The van der Waals surface area contributed by atoms with Gasteiger partial charge in [-0.05, 0) is 20.8 Å². The number of alkyl carbamates (subject to hydrolysis) is 1. The lowest BCUT2D eigenvalue weighted by molar-refractivity contribution is -0.491. The van der Waals surface area contributed by atoms with Crippen molar-refractivity contribution in [1.82, 2.24) is 5.32 Å². The zero-order valence-electron chi connectivity index (χ0n) is 22.4. The van der Waals surface area contributed by atoms with E-state index in [2.05, 4.69) is 5.32 Å². The number of nitrogens with one attached hydrogen (secondary N) is 1. The molecule has 214 valence electrons. The highest BCUT2D eigenvalue weighted by Crippen LogP contribution is 2.53. The summed E-state index contributed by atoms with van der Waals surface area (Å²) < 4.78 is 42.7. The van der Waals surface area contributed by atoms with E-state index in [0.29, 0.717) is 0 Å². The van der Waals surface area contributed by atoms with Crippen LogP contribution in [0.2, 0.25) is 0 Å². The topological polar surface area (TPSA) is 188 Å². The van der Waals surface area contributed by atoms with Crippen molar-refractivity contribution in [2.45, 2.75) is 96.4 Å². The Morgan fingerprint density at radius 2 is 1.53 bits per heavy atom. The molecule has 3 saturated heterocycles. The number of ether oxygens (including phenoxy) is 8. The molecular formula is C23H33NO14. The molecule has 0 aliphatic carbocycles. The number of esters is 5. The molecule has 0 spiro atoms. The van der Waals surface area contributed by atoms with Crippen LogP contribution < -0.4 is 5.32 Å². The Bertz CT molecular complexity index is 964. The van der Waals surface area contributed by atoms with Crippen LogP contribution in [0.3, 0.4) is 0 Å². The van der Waals surface area contributed by atoms with Gasteiger partial charge in [0.05, 0.1) is 13.5 Å². The van der Waals surface area contributed by atoms with Crippen LogP contribution in [0.1, 0.15) is 54.9 Å². The summed E-state index contributed by atoms with van der Waals surface area (Å²) in [6.45, 7) is 8.46. The molecule has 1 amide bonds. The van der Waals surface area contributed by atoms with Crippen molar-refractivity contribution in [3.8, 4) is 0 Å². The van der Waals surface area contributed by atoms with Crippen molar-refractivity contribution in [3.05, 3.63) is 0 Å². The monoisotopic (exact) mass is 547 g/mol. The molecule has 0 aromatic carbocycles. The van der Waals surface area contributed by atoms with Gasteiger partial charge in [-0.3, -0.25) is 23.9 Å². The molecule has 6 atom stereocenters. The summed E-state index contributed by atoms with van der Waals surface area (Å²) in [6.07, 6.45) is -6.13. The summed E-state index contributed by atoms with van der Waals surface area (Å²) >= 11 is 0. The minimum atomic E-state index is -2.14. The quantitative estimate of drug-likeness (QED) is 0.305. The largest absolute Gasteiger partial charge is 0.465 e. The Balaban J connectivity index is 2.64. The number of rotatable bonds is 9. The van der Waals surface area contributed by atoms with Gasteiger partial charge in [-0.2, -0.15) is 0 Å². The third-order valence-corrected chi connectivity index (χ3v) is 5.19. The van der Waals surface area contributed by atoms with Crippen molar-refractivity contribution < 1.29 is 66.7 Å². The molecule has 15 heteroatoms. The van der Waals surface area contributed by atoms with Gasteiger partial charge in [0.25, 0.3) is 5.79 Å². The number of methoxy groups -OCH3 is 1. The second kappa shape index (κ2) is 11.5. The predicted molar refractivity (Wildman–Crippen MR) is 121 cm³/mol. The van der Waals surface area contributed by atoms with Crippen LogP contribution in [-0.2, 0) is 61.9 Å². The van der Waals surface area contributed by atoms with E-state index in [4.69, 9.17) is 37.9 Å². The average Bonchev–Trinajstić information content (AvgIpc) is 2.72. The van der Waals surface area contributed by atoms with Gasteiger partial charge < -0.3 is 38.5 Å². The minimum Gasteiger partial charge on any atom is -0.465 e. The number of fused-ring (bicyclic) bond motifs is 2. The van der Waals surface area contributed by atoms with Crippen LogP contribution in [0, 0.1) is 0 Å². The van der Waals surface area contributed by atoms with E-state index in [1.165, 1.54) is 0 Å². The highest BCUT2D eigenvalue weighted by Gasteiger charge is 2.76. The molecule has 3 heterocycles. The maximum Gasteiger partial charge on any atom is 0.408 e. The fraction of sp³-hybridized carbons (Fsp3) is 0.739. The smallest absolute Gasteiger partial charge is 0.408 e. The molecule has 0 aromatic heterocycles. The number of hydrogen-bond donors (Lipinski definition) is 1. The molecular weight excluding hydrogens is 514 g/mol. The van der Waals surface area contributed by atoms with E-state index in [1.54, 1.807) is 20.8 Å². The molecule has 3 fully saturated rings. The van der Waals surface area contributed by atoms with Gasteiger partial charge >= 0.3 is 35.9 Å². The van der Waals surface area contributed by atoms with Crippen LogP contribution in [0.5, 0.6) is 0 Å². The van der Waals surface area contributed by atoms with Crippen LogP contribution in [0.15, 0.2) is 0 Å². The molecule has 2 bridgehead atoms. The van der Waals surface area contributed by atoms with Gasteiger partial charge in [0, 0.05) is 27.7 Å². The number of carbonyl (C=O) groups is 6. The maximum atomic E-state index is 12.8. The van der Waals surface area contributed by atoms with Crippen LogP contribution in [0.25, 0.3) is 0 Å². The van der Waals surface area contributed by atoms with E-state index in [0.717, 1.165) is 34.8 Å². The lowest BCUT2D eigenvalue weighted by Crippen LogP contribution is -2.83. The first-order chi connectivity index (χ1) is 17.4. The molecule has 3 aliphatic rings. The van der Waals surface area contributed by atoms with Crippen LogP contribution in [0.4, 0.5) is 4.79 Å². The fourth-order valence-electron chi connectivity index (χ4n) is 4.09. The summed E-state index contributed by atoms with van der Waals surface area (Å²) in [5.41, 5.74) is -0.954. The molecule has 15 nitrogen and oxygen atoms in total. The summed E-state index contributed by atoms with van der Waals surface area (Å²) in [5, 5.41) is 2.48. The van der Waals surface area contributed by atoms with Gasteiger partial charge in [0.15, 0.2) is 12.2 Å². The van der Waals surface area contributed by atoms with Crippen molar-refractivity contribution >= 4 is 35.9 Å². The molecule has 0 radical (unpaired) electrons. The zero-order valence-corrected chi connectivity index (χ0v) is 22.4. The maximum absolute atomic E-state index is 12.8. The second-order valence-electron chi connectivity index (χ2n) is 9.66. The molecule has 0 aromatic rings. The van der Waals surface area contributed by atoms with E-state index in [9.17, 15) is 28.8 Å². The summed E-state index contributed by atoms with van der Waals surface area (Å²) in [4.78, 5) is 73.0. The van der Waals surface area contributed by atoms with E-state index < -0.39 is 90.5 Å². The minimum absolute atomic E-state index is 0.418. The van der Waals surface area contributed by atoms with Crippen molar-refractivity contribution in [3.63, 3.8) is 0 Å². The average molecular weight is 548 g/mol. The lowest BCUT2D eigenvalue weighted by atomic mass is 9.80. The van der Waals surface area contributed by atoms with Crippen molar-refractivity contribution in [1.29, 1.82) is 0 Å². The summed E-state index contributed by atoms with van der Waals surface area (Å²) in [6, 6.07) is -1.49. The fourth-order valence-corrected chi connectivity index (χ4v) is 4.09. The lowest BCUT2D eigenvalue weighted by Gasteiger charge is -2.62. The SMILES string of the molecule is COC(=O)[C@@]12CC(OC(C)=O)(O1)[C@@H](NC(=O)OC(C)(C)C)C([C@H](OC(C)=O)[C@@H](COC(C)=O)OC(C)=O)O2. The molecule has 3 rings (SSSR count). The Morgan fingerprint density at radius 1 is 0.947 bits per heavy atom. The van der Waals surface area contributed by atoms with Gasteiger partial charge in [-0.25, -0.2) is 9.59 Å². The summed E-state index contributed by atoms with van der Waals surface area (Å²) in [5.74, 6) is -8.49. The zero-order chi connectivity index (χ0) is 29.1. The Kier molecular flexibility index (Phi) is 9.32. The first-order valence-electron chi connectivity index (χ1n) is 11.6. The molecule has 1 N–H and O–H groups in total. The summed E-state index contributed by atoms with van der Waals surface area (Å²) in [7, 11) is 1.06. The molecule has 3 aliphatic heterocycles. The number of amides is 1. The number of hydrogen-bond acceptors (Lipinski definition) is 14. The predicted octanol–water partition coefficient (Wildman–Crippen LogP) is 0.254. The van der Waals surface area contributed by atoms with E-state index in [-0.39, 0.29) is 0 Å².